The average molecular weight is 355 g/mol. The maximum Gasteiger partial charge on any atom is 0.414 e. The summed E-state index contributed by atoms with van der Waals surface area (Å²) >= 11 is 0. The first kappa shape index (κ1) is 22.7. The quantitative estimate of drug-likeness (QED) is 0.438. The van der Waals surface area contributed by atoms with Crippen molar-refractivity contribution in [3.63, 3.8) is 0 Å². The number of hydrogen-bond donors (Lipinski definition) is 3. The molecule has 1 unspecified atom stereocenters. The van der Waals surface area contributed by atoms with Gasteiger partial charge in [0.25, 0.3) is 0 Å². The molecule has 0 aliphatic carbocycles. The van der Waals surface area contributed by atoms with Gasteiger partial charge in [0.15, 0.2) is 0 Å². The molecule has 1 rings (SSSR count). The normalized spacial score (nSPS) is 11.0. The summed E-state index contributed by atoms with van der Waals surface area (Å²) in [4.78, 5) is 18.2. The molecule has 0 bridgehead atoms. The molecule has 3 N–H and O–H groups in total. The Balaban J connectivity index is 0.000000823. The minimum atomic E-state index is -1.82. The monoisotopic (exact) mass is 355 g/mol. The zero-order valence-corrected chi connectivity index (χ0v) is 15.2. The van der Waals surface area contributed by atoms with E-state index in [1.54, 1.807) is 0 Å². The van der Waals surface area contributed by atoms with Crippen LogP contribution in [0.5, 0.6) is 11.5 Å². The van der Waals surface area contributed by atoms with Gasteiger partial charge in [-0.05, 0) is 57.0 Å². The number of carboxylic acids is 2. The second-order valence-electron chi connectivity index (χ2n) is 5.40. The summed E-state index contributed by atoms with van der Waals surface area (Å²) in [5.74, 6) is -1.83. The molecule has 0 radical (unpaired) electrons. The maximum atomic E-state index is 9.10. The van der Waals surface area contributed by atoms with Gasteiger partial charge < -0.3 is 25.0 Å². The van der Waals surface area contributed by atoms with Gasteiger partial charge in [-0.1, -0.05) is 13.8 Å². The van der Waals surface area contributed by atoms with E-state index in [1.807, 2.05) is 24.3 Å². The van der Waals surface area contributed by atoms with E-state index in [0.717, 1.165) is 44.1 Å². The Kier molecular flexibility index (Phi) is 12.8. The number of carbonyl (C=O) groups is 2. The molecule has 0 amide bonds. The lowest BCUT2D eigenvalue weighted by Crippen LogP contribution is -2.27. The molecule has 0 saturated heterocycles. The van der Waals surface area contributed by atoms with E-state index in [4.69, 9.17) is 29.3 Å². The molecule has 0 aromatic heterocycles. The first-order chi connectivity index (χ1) is 11.9. The van der Waals surface area contributed by atoms with Crippen molar-refractivity contribution in [2.75, 3.05) is 19.8 Å². The van der Waals surface area contributed by atoms with E-state index in [-0.39, 0.29) is 0 Å². The van der Waals surface area contributed by atoms with E-state index < -0.39 is 11.9 Å². The Morgan fingerprint density at radius 3 is 1.88 bits per heavy atom. The maximum absolute atomic E-state index is 9.10. The second kappa shape index (κ2) is 14.1. The summed E-state index contributed by atoms with van der Waals surface area (Å²) in [6, 6.07) is 8.44. The van der Waals surface area contributed by atoms with Crippen LogP contribution < -0.4 is 14.8 Å². The van der Waals surface area contributed by atoms with E-state index >= 15 is 0 Å². The van der Waals surface area contributed by atoms with Gasteiger partial charge in [-0.15, -0.1) is 0 Å². The third kappa shape index (κ3) is 12.8. The third-order valence-electron chi connectivity index (χ3n) is 3.17. The van der Waals surface area contributed by atoms with Crippen molar-refractivity contribution in [2.45, 2.75) is 46.1 Å². The van der Waals surface area contributed by atoms with Crippen LogP contribution in [0.15, 0.2) is 24.3 Å². The van der Waals surface area contributed by atoms with Crippen LogP contribution in [-0.2, 0) is 9.59 Å². The fourth-order valence-electron chi connectivity index (χ4n) is 1.61. The fraction of sp³-hybridized carbons (Fsp3) is 0.556. The van der Waals surface area contributed by atoms with Crippen molar-refractivity contribution in [3.05, 3.63) is 24.3 Å². The van der Waals surface area contributed by atoms with Crippen molar-refractivity contribution in [1.82, 2.24) is 5.32 Å². The molecule has 1 atom stereocenters. The van der Waals surface area contributed by atoms with Gasteiger partial charge in [0.05, 0.1) is 13.2 Å². The standard InChI is InChI=1S/C16H27NO2.C2H2O4/c1-4-12-18-15-7-9-16(10-8-15)19-13-6-11-17-14(3)5-2;3-1(4)2(5)6/h7-10,14,17H,4-6,11-13H2,1-3H3;(H,3,4)(H,5,6). The van der Waals surface area contributed by atoms with Gasteiger partial charge in [0, 0.05) is 6.04 Å². The highest BCUT2D eigenvalue weighted by atomic mass is 16.5. The molecule has 142 valence electrons. The van der Waals surface area contributed by atoms with Crippen molar-refractivity contribution in [1.29, 1.82) is 0 Å². The molecular weight excluding hydrogens is 326 g/mol. The van der Waals surface area contributed by atoms with Crippen LogP contribution in [0.1, 0.15) is 40.0 Å². The Bertz CT molecular complexity index is 477. The zero-order valence-electron chi connectivity index (χ0n) is 15.2. The number of aliphatic carboxylic acids is 2. The van der Waals surface area contributed by atoms with Crippen LogP contribution in [0.3, 0.4) is 0 Å². The van der Waals surface area contributed by atoms with Gasteiger partial charge in [0.2, 0.25) is 0 Å². The molecular formula is C18H29NO6. The first-order valence-corrected chi connectivity index (χ1v) is 8.45. The van der Waals surface area contributed by atoms with Crippen LogP contribution in [-0.4, -0.2) is 48.0 Å². The average Bonchev–Trinajstić information content (AvgIpc) is 2.60. The van der Waals surface area contributed by atoms with Gasteiger partial charge >= 0.3 is 11.9 Å². The second-order valence-corrected chi connectivity index (χ2v) is 5.40. The highest BCUT2D eigenvalue weighted by Gasteiger charge is 2.04. The minimum absolute atomic E-state index is 0.593. The minimum Gasteiger partial charge on any atom is -0.494 e. The summed E-state index contributed by atoms with van der Waals surface area (Å²) < 4.78 is 11.2. The molecule has 7 nitrogen and oxygen atoms in total. The van der Waals surface area contributed by atoms with E-state index in [1.165, 1.54) is 6.42 Å². The summed E-state index contributed by atoms with van der Waals surface area (Å²) in [6.45, 7) is 9.02. The van der Waals surface area contributed by atoms with Gasteiger partial charge in [-0.3, -0.25) is 0 Å². The van der Waals surface area contributed by atoms with Gasteiger partial charge in [0.1, 0.15) is 11.5 Å². The largest absolute Gasteiger partial charge is 0.494 e. The van der Waals surface area contributed by atoms with Crippen LogP contribution in [0, 0.1) is 0 Å². The molecule has 0 saturated carbocycles. The molecule has 1 aromatic rings. The van der Waals surface area contributed by atoms with E-state index in [9.17, 15) is 0 Å². The number of nitrogens with one attached hydrogen (secondary N) is 1. The van der Waals surface area contributed by atoms with E-state index in [2.05, 4.69) is 26.1 Å². The molecule has 0 aliphatic heterocycles. The van der Waals surface area contributed by atoms with Crippen LogP contribution >= 0.6 is 0 Å². The topological polar surface area (TPSA) is 105 Å². The molecule has 0 spiro atoms. The predicted octanol–water partition coefficient (Wildman–Crippen LogP) is 2.79. The summed E-state index contributed by atoms with van der Waals surface area (Å²) in [5, 5.41) is 18.2. The molecule has 7 heteroatoms. The van der Waals surface area contributed by atoms with Crippen molar-refractivity contribution >= 4 is 11.9 Å². The van der Waals surface area contributed by atoms with Crippen LogP contribution in [0.2, 0.25) is 0 Å². The van der Waals surface area contributed by atoms with Gasteiger partial charge in [-0.2, -0.15) is 0 Å². The number of carboxylic acid groups (broad SMARTS) is 2. The summed E-state index contributed by atoms with van der Waals surface area (Å²) in [7, 11) is 0. The van der Waals surface area contributed by atoms with E-state index in [0.29, 0.717) is 6.04 Å². The molecule has 1 aromatic carbocycles. The highest BCUT2D eigenvalue weighted by molar-refractivity contribution is 6.27. The Hall–Kier alpha value is -2.28. The molecule has 0 fully saturated rings. The SMILES string of the molecule is CCCOc1ccc(OCCCNC(C)CC)cc1.O=C(O)C(=O)O. The van der Waals surface area contributed by atoms with Crippen molar-refractivity contribution in [3.8, 4) is 11.5 Å². The number of rotatable bonds is 10. The number of ether oxygens (including phenoxy) is 2. The predicted molar refractivity (Wildman–Crippen MR) is 95.4 cm³/mol. The third-order valence-corrected chi connectivity index (χ3v) is 3.17. The molecule has 25 heavy (non-hydrogen) atoms. The van der Waals surface area contributed by atoms with Gasteiger partial charge in [-0.25, -0.2) is 9.59 Å². The fourth-order valence-corrected chi connectivity index (χ4v) is 1.61. The van der Waals surface area contributed by atoms with Crippen LogP contribution in [0.25, 0.3) is 0 Å². The zero-order chi connectivity index (χ0) is 19.1. The lowest BCUT2D eigenvalue weighted by atomic mass is 10.2. The number of benzene rings is 1. The lowest BCUT2D eigenvalue weighted by Gasteiger charge is -2.11. The number of hydrogen-bond acceptors (Lipinski definition) is 5. The summed E-state index contributed by atoms with van der Waals surface area (Å²) in [6.07, 6.45) is 3.22. The summed E-state index contributed by atoms with van der Waals surface area (Å²) in [5.41, 5.74) is 0. The first-order valence-electron chi connectivity index (χ1n) is 8.45. The Morgan fingerprint density at radius 1 is 1.00 bits per heavy atom. The lowest BCUT2D eigenvalue weighted by molar-refractivity contribution is -0.159. The van der Waals surface area contributed by atoms with Crippen molar-refractivity contribution in [2.24, 2.45) is 0 Å². The highest BCUT2D eigenvalue weighted by Crippen LogP contribution is 2.17. The smallest absolute Gasteiger partial charge is 0.414 e. The Labute approximate surface area is 149 Å². The molecule has 0 heterocycles. The Morgan fingerprint density at radius 2 is 1.48 bits per heavy atom. The van der Waals surface area contributed by atoms with Crippen LogP contribution in [0.4, 0.5) is 0 Å². The van der Waals surface area contributed by atoms with Crippen molar-refractivity contribution < 1.29 is 29.3 Å². The molecule has 0 aliphatic rings.